The summed E-state index contributed by atoms with van der Waals surface area (Å²) in [6.07, 6.45) is 0. The van der Waals surface area contributed by atoms with Crippen LogP contribution >= 0.6 is 0 Å². The molecule has 9 heteroatoms. The Hall–Kier alpha value is -3.01. The SMILES string of the molecule is CC(C)Nc1nc(NCCOCCOCCN)nc(Nc2ccc3ccccc3c2)n1. The maximum absolute atomic E-state index is 5.53. The fourth-order valence-electron chi connectivity index (χ4n) is 2.87. The van der Waals surface area contributed by atoms with Crippen molar-refractivity contribution in [1.82, 2.24) is 15.0 Å². The number of hydrogen-bond donors (Lipinski definition) is 4. The number of fused-ring (bicyclic) bond motifs is 1. The quantitative estimate of drug-likeness (QED) is 0.306. The van der Waals surface area contributed by atoms with Crippen LogP contribution in [-0.4, -0.2) is 60.5 Å². The first-order valence-corrected chi connectivity index (χ1v) is 10.5. The highest BCUT2D eigenvalue weighted by molar-refractivity contribution is 5.86. The molecule has 1 heterocycles. The second-order valence-electron chi connectivity index (χ2n) is 7.23. The van der Waals surface area contributed by atoms with Crippen molar-refractivity contribution in [2.24, 2.45) is 5.73 Å². The summed E-state index contributed by atoms with van der Waals surface area (Å²) in [6.45, 7) is 7.27. The first-order valence-electron chi connectivity index (χ1n) is 10.5. The molecule has 5 N–H and O–H groups in total. The van der Waals surface area contributed by atoms with Crippen molar-refractivity contribution in [3.8, 4) is 0 Å². The summed E-state index contributed by atoms with van der Waals surface area (Å²) >= 11 is 0. The van der Waals surface area contributed by atoms with Gasteiger partial charge in [-0.25, -0.2) is 0 Å². The zero-order valence-corrected chi connectivity index (χ0v) is 18.1. The second-order valence-corrected chi connectivity index (χ2v) is 7.23. The summed E-state index contributed by atoms with van der Waals surface area (Å²) < 4.78 is 10.8. The lowest BCUT2D eigenvalue weighted by Crippen LogP contribution is -2.18. The van der Waals surface area contributed by atoms with Crippen LogP contribution in [0.15, 0.2) is 42.5 Å². The zero-order chi connectivity index (χ0) is 21.9. The van der Waals surface area contributed by atoms with Gasteiger partial charge in [-0.1, -0.05) is 30.3 Å². The molecule has 2 aromatic carbocycles. The maximum Gasteiger partial charge on any atom is 0.233 e. The summed E-state index contributed by atoms with van der Waals surface area (Å²) in [6, 6.07) is 14.6. The number of ether oxygens (including phenoxy) is 2. The number of benzene rings is 2. The van der Waals surface area contributed by atoms with E-state index >= 15 is 0 Å². The van der Waals surface area contributed by atoms with Crippen LogP contribution in [0.1, 0.15) is 13.8 Å². The van der Waals surface area contributed by atoms with Gasteiger partial charge in [0.1, 0.15) is 0 Å². The molecule has 0 aliphatic heterocycles. The van der Waals surface area contributed by atoms with Crippen LogP contribution in [0, 0.1) is 0 Å². The van der Waals surface area contributed by atoms with Crippen molar-refractivity contribution in [2.45, 2.75) is 19.9 Å². The highest BCUT2D eigenvalue weighted by Gasteiger charge is 2.08. The van der Waals surface area contributed by atoms with Crippen LogP contribution in [0.2, 0.25) is 0 Å². The topological polar surface area (TPSA) is 119 Å². The van der Waals surface area contributed by atoms with Gasteiger partial charge in [0.2, 0.25) is 17.8 Å². The van der Waals surface area contributed by atoms with Crippen molar-refractivity contribution in [3.05, 3.63) is 42.5 Å². The van der Waals surface area contributed by atoms with Crippen LogP contribution < -0.4 is 21.7 Å². The van der Waals surface area contributed by atoms with Crippen LogP contribution in [0.5, 0.6) is 0 Å². The average Bonchev–Trinajstić information content (AvgIpc) is 2.75. The van der Waals surface area contributed by atoms with Gasteiger partial charge >= 0.3 is 0 Å². The molecular formula is C22H31N7O2. The van der Waals surface area contributed by atoms with Crippen molar-refractivity contribution in [2.75, 3.05) is 55.5 Å². The third kappa shape index (κ3) is 7.63. The molecule has 9 nitrogen and oxygen atoms in total. The molecular weight excluding hydrogens is 394 g/mol. The maximum atomic E-state index is 5.53. The van der Waals surface area contributed by atoms with E-state index in [4.69, 9.17) is 15.2 Å². The lowest BCUT2D eigenvalue weighted by molar-refractivity contribution is 0.0547. The summed E-state index contributed by atoms with van der Waals surface area (Å²) in [4.78, 5) is 13.4. The molecule has 0 aliphatic rings. The molecule has 166 valence electrons. The second kappa shape index (κ2) is 12.0. The van der Waals surface area contributed by atoms with Crippen molar-refractivity contribution < 1.29 is 9.47 Å². The van der Waals surface area contributed by atoms with Gasteiger partial charge in [0.25, 0.3) is 0 Å². The Bertz CT molecular complexity index is 952. The normalized spacial score (nSPS) is 11.1. The molecule has 0 saturated carbocycles. The van der Waals surface area contributed by atoms with Gasteiger partial charge in [-0.3, -0.25) is 0 Å². The number of nitrogens with two attached hydrogens (primary N) is 1. The van der Waals surface area contributed by atoms with E-state index < -0.39 is 0 Å². The standard InChI is InChI=1S/C22H31N7O2/c1-16(2)25-21-27-20(24-10-12-31-14-13-30-11-9-23)28-22(29-21)26-19-8-7-17-5-3-4-6-18(17)15-19/h3-8,15-16H,9-14,23H2,1-2H3,(H3,24,25,26,27,28,29). The minimum absolute atomic E-state index is 0.195. The number of nitrogens with zero attached hydrogens (tertiary/aromatic N) is 3. The molecule has 3 aromatic rings. The summed E-state index contributed by atoms with van der Waals surface area (Å²) in [5.74, 6) is 1.45. The monoisotopic (exact) mass is 425 g/mol. The molecule has 3 rings (SSSR count). The van der Waals surface area contributed by atoms with Gasteiger partial charge in [0.15, 0.2) is 0 Å². The van der Waals surface area contributed by atoms with Crippen molar-refractivity contribution >= 4 is 34.3 Å². The van der Waals surface area contributed by atoms with Crippen LogP contribution in [-0.2, 0) is 9.47 Å². The van der Waals surface area contributed by atoms with E-state index in [-0.39, 0.29) is 6.04 Å². The van der Waals surface area contributed by atoms with Crippen LogP contribution in [0.4, 0.5) is 23.5 Å². The lowest BCUT2D eigenvalue weighted by Gasteiger charge is -2.13. The first kappa shape index (κ1) is 22.7. The van der Waals surface area contributed by atoms with E-state index in [0.717, 1.165) is 11.1 Å². The Kier molecular flexibility index (Phi) is 8.77. The first-order chi connectivity index (χ1) is 15.1. The smallest absolute Gasteiger partial charge is 0.233 e. The van der Waals surface area contributed by atoms with E-state index in [0.29, 0.717) is 57.4 Å². The summed E-state index contributed by atoms with van der Waals surface area (Å²) in [5, 5.41) is 12.0. The predicted molar refractivity (Wildman–Crippen MR) is 125 cm³/mol. The molecule has 0 atom stereocenters. The highest BCUT2D eigenvalue weighted by Crippen LogP contribution is 2.22. The number of rotatable bonds is 13. The predicted octanol–water partition coefficient (Wildman–Crippen LogP) is 2.99. The Labute approximate surface area is 182 Å². The Balaban J connectivity index is 1.62. The van der Waals surface area contributed by atoms with Crippen LogP contribution in [0.25, 0.3) is 10.8 Å². The average molecular weight is 426 g/mol. The lowest BCUT2D eigenvalue weighted by atomic mass is 10.1. The molecule has 0 amide bonds. The van der Waals surface area contributed by atoms with Gasteiger partial charge in [0, 0.05) is 24.8 Å². The molecule has 0 aliphatic carbocycles. The largest absolute Gasteiger partial charge is 0.378 e. The van der Waals surface area contributed by atoms with Gasteiger partial charge in [0.05, 0.1) is 26.4 Å². The molecule has 0 radical (unpaired) electrons. The molecule has 0 bridgehead atoms. The number of hydrogen-bond acceptors (Lipinski definition) is 9. The minimum Gasteiger partial charge on any atom is -0.378 e. The zero-order valence-electron chi connectivity index (χ0n) is 18.1. The van der Waals surface area contributed by atoms with E-state index in [9.17, 15) is 0 Å². The minimum atomic E-state index is 0.195. The molecule has 0 fully saturated rings. The van der Waals surface area contributed by atoms with E-state index in [1.807, 2.05) is 32.0 Å². The van der Waals surface area contributed by atoms with Gasteiger partial charge < -0.3 is 31.2 Å². The van der Waals surface area contributed by atoms with E-state index in [2.05, 4.69) is 55.2 Å². The van der Waals surface area contributed by atoms with Gasteiger partial charge in [-0.15, -0.1) is 0 Å². The Morgan fingerprint density at radius 3 is 2.32 bits per heavy atom. The number of anilines is 4. The number of nitrogens with one attached hydrogen (secondary N) is 3. The van der Waals surface area contributed by atoms with Crippen molar-refractivity contribution in [3.63, 3.8) is 0 Å². The Morgan fingerprint density at radius 1 is 0.839 bits per heavy atom. The highest BCUT2D eigenvalue weighted by atomic mass is 16.5. The van der Waals surface area contributed by atoms with Gasteiger partial charge in [-0.05, 0) is 36.8 Å². The summed E-state index contributed by atoms with van der Waals surface area (Å²) in [5.41, 5.74) is 6.29. The van der Waals surface area contributed by atoms with Crippen molar-refractivity contribution in [1.29, 1.82) is 0 Å². The molecule has 0 saturated heterocycles. The molecule has 0 spiro atoms. The van der Waals surface area contributed by atoms with Gasteiger partial charge in [-0.2, -0.15) is 15.0 Å². The fraction of sp³-hybridized carbons (Fsp3) is 0.409. The molecule has 31 heavy (non-hydrogen) atoms. The molecule has 1 aromatic heterocycles. The Morgan fingerprint density at radius 2 is 1.55 bits per heavy atom. The summed E-state index contributed by atoms with van der Waals surface area (Å²) in [7, 11) is 0. The third-order valence-corrected chi connectivity index (χ3v) is 4.22. The van der Waals surface area contributed by atoms with Crippen LogP contribution in [0.3, 0.4) is 0 Å². The third-order valence-electron chi connectivity index (χ3n) is 4.22. The van der Waals surface area contributed by atoms with E-state index in [1.165, 1.54) is 5.39 Å². The van der Waals surface area contributed by atoms with E-state index in [1.54, 1.807) is 0 Å². The fourth-order valence-corrected chi connectivity index (χ4v) is 2.87. The molecule has 0 unspecified atom stereocenters. The number of aromatic nitrogens is 3.